The molecule has 2 N–H and O–H groups in total. The topological polar surface area (TPSA) is 44.5 Å². The SMILES string of the molecule is COc1ccc(C(N)C2CCc3ccccc32)c(OC)c1. The summed E-state index contributed by atoms with van der Waals surface area (Å²) in [5.74, 6) is 1.93. The predicted octanol–water partition coefficient (Wildman–Crippen LogP) is 3.43. The fourth-order valence-corrected chi connectivity index (χ4v) is 3.27. The maximum Gasteiger partial charge on any atom is 0.127 e. The Labute approximate surface area is 125 Å². The summed E-state index contributed by atoms with van der Waals surface area (Å²) in [4.78, 5) is 0. The van der Waals surface area contributed by atoms with Crippen molar-refractivity contribution in [3.63, 3.8) is 0 Å². The molecule has 0 heterocycles. The highest BCUT2D eigenvalue weighted by Gasteiger charge is 2.29. The van der Waals surface area contributed by atoms with Crippen LogP contribution in [0.4, 0.5) is 0 Å². The highest BCUT2D eigenvalue weighted by Crippen LogP contribution is 2.43. The minimum Gasteiger partial charge on any atom is -0.497 e. The van der Waals surface area contributed by atoms with Gasteiger partial charge in [-0.3, -0.25) is 0 Å². The van der Waals surface area contributed by atoms with Gasteiger partial charge in [0.05, 0.1) is 14.2 Å². The van der Waals surface area contributed by atoms with E-state index in [1.807, 2.05) is 18.2 Å². The van der Waals surface area contributed by atoms with Crippen LogP contribution in [0.2, 0.25) is 0 Å². The van der Waals surface area contributed by atoms with Crippen molar-refractivity contribution in [2.24, 2.45) is 5.73 Å². The summed E-state index contributed by atoms with van der Waals surface area (Å²) in [5.41, 5.74) is 10.4. The molecule has 0 amide bonds. The summed E-state index contributed by atoms with van der Waals surface area (Å²) in [6, 6.07) is 14.4. The molecule has 2 atom stereocenters. The molecule has 0 fully saturated rings. The Morgan fingerprint density at radius 1 is 1.10 bits per heavy atom. The molecule has 0 aromatic heterocycles. The molecule has 0 aliphatic heterocycles. The van der Waals surface area contributed by atoms with Gasteiger partial charge in [0.2, 0.25) is 0 Å². The van der Waals surface area contributed by atoms with Crippen LogP contribution in [0.5, 0.6) is 11.5 Å². The van der Waals surface area contributed by atoms with Crippen LogP contribution in [0.25, 0.3) is 0 Å². The van der Waals surface area contributed by atoms with Gasteiger partial charge in [-0.2, -0.15) is 0 Å². The van der Waals surface area contributed by atoms with Crippen molar-refractivity contribution in [3.05, 3.63) is 59.2 Å². The van der Waals surface area contributed by atoms with E-state index in [-0.39, 0.29) is 6.04 Å². The summed E-state index contributed by atoms with van der Waals surface area (Å²) in [5, 5.41) is 0. The van der Waals surface area contributed by atoms with Crippen molar-refractivity contribution in [3.8, 4) is 11.5 Å². The van der Waals surface area contributed by atoms with Gasteiger partial charge in [0, 0.05) is 23.6 Å². The lowest BCUT2D eigenvalue weighted by atomic mass is 9.88. The number of hydrogen-bond acceptors (Lipinski definition) is 3. The smallest absolute Gasteiger partial charge is 0.127 e. The fourth-order valence-electron chi connectivity index (χ4n) is 3.27. The number of methoxy groups -OCH3 is 2. The number of nitrogens with two attached hydrogens (primary N) is 1. The van der Waals surface area contributed by atoms with Gasteiger partial charge in [-0.25, -0.2) is 0 Å². The Bertz CT molecular complexity index is 639. The van der Waals surface area contributed by atoms with Gasteiger partial charge in [-0.1, -0.05) is 30.3 Å². The second-order valence-electron chi connectivity index (χ2n) is 5.48. The fraction of sp³-hybridized carbons (Fsp3) is 0.333. The Morgan fingerprint density at radius 2 is 1.90 bits per heavy atom. The summed E-state index contributed by atoms with van der Waals surface area (Å²) < 4.78 is 10.7. The monoisotopic (exact) mass is 283 g/mol. The summed E-state index contributed by atoms with van der Waals surface area (Å²) in [6.07, 6.45) is 2.20. The first kappa shape index (κ1) is 14.0. The van der Waals surface area contributed by atoms with Crippen LogP contribution < -0.4 is 15.2 Å². The van der Waals surface area contributed by atoms with E-state index in [0.717, 1.165) is 29.9 Å². The summed E-state index contributed by atoms with van der Waals surface area (Å²) in [7, 11) is 3.33. The molecular weight excluding hydrogens is 262 g/mol. The number of benzene rings is 2. The third kappa shape index (κ3) is 2.49. The van der Waals surface area contributed by atoms with Gasteiger partial charge in [-0.15, -0.1) is 0 Å². The van der Waals surface area contributed by atoms with Crippen LogP contribution in [0.1, 0.15) is 35.1 Å². The number of aryl methyl sites for hydroxylation is 1. The third-order valence-electron chi connectivity index (χ3n) is 4.41. The largest absolute Gasteiger partial charge is 0.497 e. The van der Waals surface area contributed by atoms with Gasteiger partial charge >= 0.3 is 0 Å². The molecule has 3 rings (SSSR count). The minimum atomic E-state index is -0.0606. The van der Waals surface area contributed by atoms with Crippen molar-refractivity contribution in [1.29, 1.82) is 0 Å². The van der Waals surface area contributed by atoms with Crippen molar-refractivity contribution >= 4 is 0 Å². The first-order chi connectivity index (χ1) is 10.2. The lowest BCUT2D eigenvalue weighted by Gasteiger charge is -2.23. The summed E-state index contributed by atoms with van der Waals surface area (Å²) >= 11 is 0. The van der Waals surface area contributed by atoms with Crippen LogP contribution in [-0.4, -0.2) is 14.2 Å². The van der Waals surface area contributed by atoms with Crippen LogP contribution in [0.15, 0.2) is 42.5 Å². The zero-order valence-electron chi connectivity index (χ0n) is 12.5. The quantitative estimate of drug-likeness (QED) is 0.935. The van der Waals surface area contributed by atoms with Gasteiger partial charge < -0.3 is 15.2 Å². The van der Waals surface area contributed by atoms with E-state index in [4.69, 9.17) is 15.2 Å². The molecule has 0 radical (unpaired) electrons. The molecule has 110 valence electrons. The van der Waals surface area contributed by atoms with E-state index in [9.17, 15) is 0 Å². The zero-order chi connectivity index (χ0) is 14.8. The van der Waals surface area contributed by atoms with E-state index >= 15 is 0 Å². The molecule has 1 aliphatic carbocycles. The lowest BCUT2D eigenvalue weighted by Crippen LogP contribution is -2.19. The van der Waals surface area contributed by atoms with Gasteiger partial charge in [0.15, 0.2) is 0 Å². The Hall–Kier alpha value is -2.00. The Kier molecular flexibility index (Phi) is 3.84. The van der Waals surface area contributed by atoms with Crippen LogP contribution >= 0.6 is 0 Å². The van der Waals surface area contributed by atoms with Gasteiger partial charge in [0.25, 0.3) is 0 Å². The average molecular weight is 283 g/mol. The Morgan fingerprint density at radius 3 is 2.67 bits per heavy atom. The summed E-state index contributed by atoms with van der Waals surface area (Å²) in [6.45, 7) is 0. The Balaban J connectivity index is 1.94. The molecule has 3 nitrogen and oxygen atoms in total. The van der Waals surface area contributed by atoms with Crippen molar-refractivity contribution in [2.75, 3.05) is 14.2 Å². The maximum absolute atomic E-state index is 6.56. The highest BCUT2D eigenvalue weighted by molar-refractivity contribution is 5.45. The molecule has 21 heavy (non-hydrogen) atoms. The van der Waals surface area contributed by atoms with E-state index < -0.39 is 0 Å². The molecule has 2 aromatic carbocycles. The second kappa shape index (κ2) is 5.78. The molecule has 2 unspecified atom stereocenters. The minimum absolute atomic E-state index is 0.0606. The van der Waals surface area contributed by atoms with E-state index in [2.05, 4.69) is 24.3 Å². The van der Waals surface area contributed by atoms with Gasteiger partial charge in [0.1, 0.15) is 11.5 Å². The van der Waals surface area contributed by atoms with E-state index in [0.29, 0.717) is 5.92 Å². The number of fused-ring (bicyclic) bond motifs is 1. The van der Waals surface area contributed by atoms with Crippen molar-refractivity contribution in [2.45, 2.75) is 24.8 Å². The third-order valence-corrected chi connectivity index (χ3v) is 4.41. The standard InChI is InChI=1S/C18H21NO2/c1-20-13-8-10-16(17(11-13)21-2)18(19)15-9-7-12-5-3-4-6-14(12)15/h3-6,8,10-11,15,18H,7,9,19H2,1-2H3. The molecule has 0 spiro atoms. The molecule has 0 saturated heterocycles. The molecule has 2 aromatic rings. The lowest BCUT2D eigenvalue weighted by molar-refractivity contribution is 0.385. The van der Waals surface area contributed by atoms with Gasteiger partial charge in [-0.05, 0) is 30.0 Å². The zero-order valence-corrected chi connectivity index (χ0v) is 12.5. The number of hydrogen-bond donors (Lipinski definition) is 1. The average Bonchev–Trinajstić information content (AvgIpc) is 2.97. The maximum atomic E-state index is 6.56. The molecule has 0 bridgehead atoms. The first-order valence-corrected chi connectivity index (χ1v) is 7.30. The molecule has 1 aliphatic rings. The number of ether oxygens (including phenoxy) is 2. The van der Waals surface area contributed by atoms with Crippen LogP contribution in [-0.2, 0) is 6.42 Å². The normalized spacial score (nSPS) is 18.1. The molecule has 0 saturated carbocycles. The number of rotatable bonds is 4. The van der Waals surface area contributed by atoms with Crippen molar-refractivity contribution in [1.82, 2.24) is 0 Å². The van der Waals surface area contributed by atoms with Crippen LogP contribution in [0, 0.1) is 0 Å². The van der Waals surface area contributed by atoms with Crippen molar-refractivity contribution < 1.29 is 9.47 Å². The highest BCUT2D eigenvalue weighted by atomic mass is 16.5. The van der Waals surface area contributed by atoms with E-state index in [1.54, 1.807) is 14.2 Å². The second-order valence-corrected chi connectivity index (χ2v) is 5.48. The predicted molar refractivity (Wildman–Crippen MR) is 84.0 cm³/mol. The molecular formula is C18H21NO2. The van der Waals surface area contributed by atoms with E-state index in [1.165, 1.54) is 11.1 Å². The molecule has 3 heteroatoms. The first-order valence-electron chi connectivity index (χ1n) is 7.30. The van der Waals surface area contributed by atoms with Crippen LogP contribution in [0.3, 0.4) is 0 Å².